The first-order valence-electron chi connectivity index (χ1n) is 18.1. The molecule has 5 rings (SSSR count). The van der Waals surface area contributed by atoms with Gasteiger partial charge in [0.15, 0.2) is 0 Å². The number of rotatable bonds is 9. The molecule has 5 heteroatoms. The Hall–Kier alpha value is -1.22. The van der Waals surface area contributed by atoms with Gasteiger partial charge in [-0.3, -0.25) is 0 Å². The topological polar surface area (TPSA) is 43.4 Å². The van der Waals surface area contributed by atoms with Crippen LogP contribution in [-0.4, -0.2) is 38.0 Å². The Bertz CT molecular complexity index is 1350. The van der Waals surface area contributed by atoms with Crippen molar-refractivity contribution in [2.45, 2.75) is 160 Å². The monoisotopic (exact) mass is 640 g/mol. The van der Waals surface area contributed by atoms with Crippen molar-refractivity contribution in [2.24, 2.45) is 0 Å². The number of hydrogen-bond donors (Lipinski definition) is 0. The number of benzene rings is 2. The van der Waals surface area contributed by atoms with E-state index in [1.54, 1.807) is 5.30 Å². The average Bonchev–Trinajstić information content (AvgIpc) is 3.01. The van der Waals surface area contributed by atoms with Gasteiger partial charge in [0.2, 0.25) is 0 Å². The molecule has 0 N–H and O–H groups in total. The average molecular weight is 641 g/mol. The molecular formula is C39H61O3PS. The zero-order valence-electron chi connectivity index (χ0n) is 28.9. The Balaban J connectivity index is 1.94. The van der Waals surface area contributed by atoms with Crippen LogP contribution >= 0.6 is 6.60 Å². The SMILES string of the molecule is CC(C)c1cc(C(C)C)c(-c2ccccc2P2(C3CCCCC3)(C3CCCCC3)CCCCC2OS(C)(=O)=O)c(C(C)C)c1. The van der Waals surface area contributed by atoms with E-state index in [-0.39, 0.29) is 5.85 Å². The van der Waals surface area contributed by atoms with Crippen molar-refractivity contribution in [3.05, 3.63) is 53.1 Å². The second kappa shape index (κ2) is 13.5. The Morgan fingerprint density at radius 3 is 1.66 bits per heavy atom. The fraction of sp³-hybridized carbons (Fsp3) is 0.692. The normalized spacial score (nSPS) is 24.4. The molecule has 0 radical (unpaired) electrons. The van der Waals surface area contributed by atoms with E-state index in [2.05, 4.69) is 77.9 Å². The van der Waals surface area contributed by atoms with Crippen molar-refractivity contribution in [3.63, 3.8) is 0 Å². The van der Waals surface area contributed by atoms with Gasteiger partial charge in [0, 0.05) is 0 Å². The van der Waals surface area contributed by atoms with Crippen LogP contribution in [0.1, 0.15) is 159 Å². The van der Waals surface area contributed by atoms with Crippen LogP contribution < -0.4 is 5.30 Å². The zero-order valence-corrected chi connectivity index (χ0v) is 30.6. The van der Waals surface area contributed by atoms with Gasteiger partial charge in [-0.15, -0.1) is 0 Å². The van der Waals surface area contributed by atoms with Crippen molar-refractivity contribution in [2.75, 3.05) is 12.4 Å². The quantitative estimate of drug-likeness (QED) is 0.202. The first kappa shape index (κ1) is 34.1. The van der Waals surface area contributed by atoms with E-state index in [1.165, 1.54) is 105 Å². The van der Waals surface area contributed by atoms with E-state index in [4.69, 9.17) is 4.18 Å². The van der Waals surface area contributed by atoms with Crippen molar-refractivity contribution >= 4 is 22.0 Å². The Kier molecular flexibility index (Phi) is 10.5. The molecule has 2 saturated carbocycles. The third-order valence-corrected chi connectivity index (χ3v) is 21.9. The Morgan fingerprint density at radius 2 is 1.18 bits per heavy atom. The summed E-state index contributed by atoms with van der Waals surface area (Å²) in [6.07, 6.45) is 18.2. The third-order valence-electron chi connectivity index (χ3n) is 12.1. The first-order chi connectivity index (χ1) is 20.9. The van der Waals surface area contributed by atoms with Crippen LogP contribution in [0.3, 0.4) is 0 Å². The number of hydrogen-bond acceptors (Lipinski definition) is 3. The summed E-state index contributed by atoms with van der Waals surface area (Å²) in [6, 6.07) is 14.5. The molecule has 2 aromatic carbocycles. The molecule has 1 atom stereocenters. The van der Waals surface area contributed by atoms with Gasteiger partial charge < -0.3 is 0 Å². The summed E-state index contributed by atoms with van der Waals surface area (Å²) in [6.45, 7) is 11.0. The molecule has 3 aliphatic rings. The van der Waals surface area contributed by atoms with E-state index in [0.29, 0.717) is 29.1 Å². The zero-order chi connectivity index (χ0) is 31.7. The van der Waals surface area contributed by atoms with Gasteiger partial charge in [-0.2, -0.15) is 0 Å². The van der Waals surface area contributed by atoms with E-state index in [0.717, 1.165) is 19.0 Å². The van der Waals surface area contributed by atoms with Crippen LogP contribution in [-0.2, 0) is 14.3 Å². The van der Waals surface area contributed by atoms with Crippen LogP contribution in [0.4, 0.5) is 0 Å². The molecule has 0 amide bonds. The summed E-state index contributed by atoms with van der Waals surface area (Å²) in [4.78, 5) is 0. The van der Waals surface area contributed by atoms with Crippen molar-refractivity contribution in [3.8, 4) is 11.1 Å². The summed E-state index contributed by atoms with van der Waals surface area (Å²) in [5.41, 5.74) is 8.28. The standard InChI is InChI=1S/C39H61O3PS/c1-28(2)31-26-35(29(3)4)39(36(27-31)30(5)6)34-22-14-15-23-37(34)43(32-18-10-8-11-19-32,33-20-12-9-13-21-33)25-17-16-24-38(43)42-44(7,40)41/h14-15,22-23,26-30,32-33,38H,8-13,16-21,24-25H2,1-7H3. The minimum absolute atomic E-state index is 0.197. The molecule has 1 unspecified atom stereocenters. The predicted octanol–water partition coefficient (Wildman–Crippen LogP) is 11.1. The summed E-state index contributed by atoms with van der Waals surface area (Å²) < 4.78 is 33.1. The molecule has 0 spiro atoms. The third kappa shape index (κ3) is 5.99. The van der Waals surface area contributed by atoms with Crippen LogP contribution in [0.2, 0.25) is 0 Å². The molecule has 3 fully saturated rings. The van der Waals surface area contributed by atoms with E-state index in [9.17, 15) is 8.42 Å². The second-order valence-corrected chi connectivity index (χ2v) is 23.3. The molecule has 1 aliphatic heterocycles. The molecule has 2 aromatic rings. The van der Waals surface area contributed by atoms with Crippen LogP contribution in [0.25, 0.3) is 11.1 Å². The fourth-order valence-electron chi connectivity index (χ4n) is 10.2. The summed E-state index contributed by atoms with van der Waals surface area (Å²) in [7, 11) is -3.62. The maximum absolute atomic E-state index is 13.3. The van der Waals surface area contributed by atoms with E-state index < -0.39 is 16.7 Å². The van der Waals surface area contributed by atoms with Gasteiger partial charge in [-0.25, -0.2) is 0 Å². The molecular weight excluding hydrogens is 579 g/mol. The van der Waals surface area contributed by atoms with E-state index in [1.807, 2.05) is 0 Å². The summed E-state index contributed by atoms with van der Waals surface area (Å²) >= 11 is 0. The second-order valence-electron chi connectivity index (χ2n) is 15.7. The Morgan fingerprint density at radius 1 is 0.682 bits per heavy atom. The fourth-order valence-corrected chi connectivity index (χ4v) is 22.0. The summed E-state index contributed by atoms with van der Waals surface area (Å²) in [5.74, 6) is 1.05. The van der Waals surface area contributed by atoms with Gasteiger partial charge in [-0.1, -0.05) is 0 Å². The summed E-state index contributed by atoms with van der Waals surface area (Å²) in [5, 5.41) is 1.55. The molecule has 3 nitrogen and oxygen atoms in total. The molecule has 1 heterocycles. The minimum atomic E-state index is -3.62. The van der Waals surface area contributed by atoms with Gasteiger partial charge in [0.1, 0.15) is 0 Å². The first-order valence-corrected chi connectivity index (χ1v) is 22.5. The molecule has 246 valence electrons. The van der Waals surface area contributed by atoms with Crippen molar-refractivity contribution in [1.29, 1.82) is 0 Å². The van der Waals surface area contributed by atoms with Crippen molar-refractivity contribution in [1.82, 2.24) is 0 Å². The van der Waals surface area contributed by atoms with Gasteiger partial charge in [0.05, 0.1) is 0 Å². The predicted molar refractivity (Wildman–Crippen MR) is 193 cm³/mol. The van der Waals surface area contributed by atoms with Crippen LogP contribution in [0.5, 0.6) is 0 Å². The molecule has 0 aromatic heterocycles. The van der Waals surface area contributed by atoms with Crippen molar-refractivity contribution < 1.29 is 12.6 Å². The molecule has 2 aliphatic carbocycles. The molecule has 1 saturated heterocycles. The van der Waals surface area contributed by atoms with E-state index >= 15 is 0 Å². The van der Waals surface area contributed by atoms with Gasteiger partial charge in [0.25, 0.3) is 0 Å². The molecule has 44 heavy (non-hydrogen) atoms. The maximum atomic E-state index is 13.3. The molecule has 0 bridgehead atoms. The van der Waals surface area contributed by atoms with Gasteiger partial charge in [-0.05, 0) is 0 Å². The van der Waals surface area contributed by atoms with Gasteiger partial charge >= 0.3 is 271 Å². The Labute approximate surface area is 270 Å². The van der Waals surface area contributed by atoms with Crippen LogP contribution in [0.15, 0.2) is 36.4 Å². The van der Waals surface area contributed by atoms with Crippen LogP contribution in [0, 0.1) is 0 Å².